The van der Waals surface area contributed by atoms with Crippen LogP contribution < -0.4 is 0 Å². The maximum absolute atomic E-state index is 13.2. The monoisotopic (exact) mass is 267 g/mol. The molecule has 0 amide bonds. The van der Waals surface area contributed by atoms with E-state index in [4.69, 9.17) is 11.6 Å². The molecular formula is C7H4BrClFNO2. The van der Waals surface area contributed by atoms with Crippen molar-refractivity contribution in [3.05, 3.63) is 38.1 Å². The minimum Gasteiger partial charge on any atom is -0.258 e. The van der Waals surface area contributed by atoms with Gasteiger partial charge in [0.15, 0.2) is 0 Å². The van der Waals surface area contributed by atoms with Crippen LogP contribution >= 0.6 is 27.5 Å². The Bertz CT molecular complexity index is 359. The van der Waals surface area contributed by atoms with Crippen LogP contribution in [-0.2, 0) is 5.88 Å². The quantitative estimate of drug-likeness (QED) is 0.469. The highest BCUT2D eigenvalue weighted by Gasteiger charge is 2.17. The molecule has 6 heteroatoms. The maximum atomic E-state index is 13.2. The van der Waals surface area contributed by atoms with Gasteiger partial charge in [0, 0.05) is 11.6 Å². The fourth-order valence-corrected chi connectivity index (χ4v) is 1.56. The first-order valence-electron chi connectivity index (χ1n) is 3.25. The lowest BCUT2D eigenvalue weighted by atomic mass is 10.2. The van der Waals surface area contributed by atoms with Crippen molar-refractivity contribution in [3.63, 3.8) is 0 Å². The number of nitro groups is 1. The van der Waals surface area contributed by atoms with Gasteiger partial charge in [-0.3, -0.25) is 10.1 Å². The molecule has 0 saturated heterocycles. The second-order valence-electron chi connectivity index (χ2n) is 2.26. The standard InChI is InChI=1S/C7H4BrClFNO2/c8-6-5(11(12)13)2-1-4(3-9)7(6)10/h1-2H,3H2. The Morgan fingerprint density at radius 3 is 2.69 bits per heavy atom. The Hall–Kier alpha value is -0.680. The predicted octanol–water partition coefficient (Wildman–Crippen LogP) is 3.24. The number of hydrogen-bond donors (Lipinski definition) is 0. The molecule has 0 N–H and O–H groups in total. The lowest BCUT2D eigenvalue weighted by Crippen LogP contribution is -1.94. The third kappa shape index (κ3) is 1.97. The van der Waals surface area contributed by atoms with Gasteiger partial charge in [0.2, 0.25) is 0 Å². The molecule has 0 aliphatic rings. The molecule has 0 spiro atoms. The first-order valence-corrected chi connectivity index (χ1v) is 4.58. The number of alkyl halides is 1. The lowest BCUT2D eigenvalue weighted by molar-refractivity contribution is -0.385. The summed E-state index contributed by atoms with van der Waals surface area (Å²) in [6.07, 6.45) is 0. The fraction of sp³-hybridized carbons (Fsp3) is 0.143. The number of benzene rings is 1. The average Bonchev–Trinajstić information content (AvgIpc) is 2.09. The first kappa shape index (κ1) is 10.4. The van der Waals surface area contributed by atoms with Crippen LogP contribution in [0.5, 0.6) is 0 Å². The number of nitro benzene ring substituents is 1. The topological polar surface area (TPSA) is 43.1 Å². The Labute approximate surface area is 86.8 Å². The van der Waals surface area contributed by atoms with Gasteiger partial charge in [0.05, 0.1) is 10.8 Å². The van der Waals surface area contributed by atoms with Gasteiger partial charge in [-0.15, -0.1) is 11.6 Å². The van der Waals surface area contributed by atoms with E-state index in [-0.39, 0.29) is 21.6 Å². The SMILES string of the molecule is O=[N+]([O-])c1ccc(CCl)c(F)c1Br. The zero-order valence-corrected chi connectivity index (χ0v) is 8.60. The van der Waals surface area contributed by atoms with Crippen molar-refractivity contribution < 1.29 is 9.31 Å². The van der Waals surface area contributed by atoms with Gasteiger partial charge in [-0.05, 0) is 22.0 Å². The minimum atomic E-state index is -0.677. The third-order valence-corrected chi connectivity index (χ3v) is 2.52. The molecule has 0 aliphatic heterocycles. The number of halogens is 3. The molecule has 13 heavy (non-hydrogen) atoms. The van der Waals surface area contributed by atoms with Gasteiger partial charge in [-0.1, -0.05) is 0 Å². The van der Waals surface area contributed by atoms with Crippen LogP contribution in [0.15, 0.2) is 16.6 Å². The molecule has 0 atom stereocenters. The number of hydrogen-bond acceptors (Lipinski definition) is 2. The van der Waals surface area contributed by atoms with E-state index in [0.717, 1.165) is 0 Å². The highest BCUT2D eigenvalue weighted by atomic mass is 79.9. The smallest absolute Gasteiger partial charge is 0.258 e. The molecule has 70 valence electrons. The van der Waals surface area contributed by atoms with E-state index in [0.29, 0.717) is 0 Å². The van der Waals surface area contributed by atoms with Crippen molar-refractivity contribution in [1.29, 1.82) is 0 Å². The molecule has 0 heterocycles. The van der Waals surface area contributed by atoms with Crippen LogP contribution in [0.4, 0.5) is 10.1 Å². The molecular weight excluding hydrogens is 264 g/mol. The van der Waals surface area contributed by atoms with E-state index < -0.39 is 10.7 Å². The zero-order valence-electron chi connectivity index (χ0n) is 6.26. The first-order chi connectivity index (χ1) is 6.07. The second kappa shape index (κ2) is 4.02. The Morgan fingerprint density at radius 2 is 2.23 bits per heavy atom. The van der Waals surface area contributed by atoms with Crippen LogP contribution in [0.3, 0.4) is 0 Å². The number of rotatable bonds is 2. The van der Waals surface area contributed by atoms with E-state index in [2.05, 4.69) is 15.9 Å². The zero-order chi connectivity index (χ0) is 10.0. The number of nitrogens with zero attached hydrogens (tertiary/aromatic N) is 1. The molecule has 0 aromatic heterocycles. The normalized spacial score (nSPS) is 10.1. The van der Waals surface area contributed by atoms with Crippen molar-refractivity contribution >= 4 is 33.2 Å². The summed E-state index contributed by atoms with van der Waals surface area (Å²) in [5.41, 5.74) is -0.0643. The van der Waals surface area contributed by atoms with Crippen molar-refractivity contribution in [2.75, 3.05) is 0 Å². The van der Waals surface area contributed by atoms with Gasteiger partial charge in [-0.2, -0.15) is 0 Å². The third-order valence-electron chi connectivity index (χ3n) is 1.48. The molecule has 1 rings (SSSR count). The predicted molar refractivity (Wildman–Crippen MR) is 50.3 cm³/mol. The summed E-state index contributed by atoms with van der Waals surface area (Å²) in [7, 11) is 0. The fourth-order valence-electron chi connectivity index (χ4n) is 0.823. The molecule has 0 aliphatic carbocycles. The second-order valence-corrected chi connectivity index (χ2v) is 3.32. The van der Waals surface area contributed by atoms with Crippen LogP contribution in [0.2, 0.25) is 0 Å². The van der Waals surface area contributed by atoms with Gasteiger partial charge in [0.25, 0.3) is 5.69 Å². The summed E-state index contributed by atoms with van der Waals surface area (Å²) in [5, 5.41) is 10.3. The van der Waals surface area contributed by atoms with E-state index in [1.54, 1.807) is 0 Å². The van der Waals surface area contributed by atoms with Crippen LogP contribution in [0, 0.1) is 15.9 Å². The van der Waals surface area contributed by atoms with Crippen molar-refractivity contribution in [3.8, 4) is 0 Å². The molecule has 1 aromatic rings. The molecule has 0 saturated carbocycles. The van der Waals surface area contributed by atoms with Crippen molar-refractivity contribution in [1.82, 2.24) is 0 Å². The molecule has 0 fully saturated rings. The van der Waals surface area contributed by atoms with E-state index in [1.807, 2.05) is 0 Å². The van der Waals surface area contributed by atoms with E-state index in [1.165, 1.54) is 12.1 Å². The highest BCUT2D eigenvalue weighted by molar-refractivity contribution is 9.10. The summed E-state index contributed by atoms with van der Waals surface area (Å²) in [4.78, 5) is 9.69. The summed E-state index contributed by atoms with van der Waals surface area (Å²) in [6.45, 7) is 0. The minimum absolute atomic E-state index is 0.0115. The maximum Gasteiger partial charge on any atom is 0.286 e. The summed E-state index contributed by atoms with van der Waals surface area (Å²) >= 11 is 8.20. The average molecular weight is 268 g/mol. The van der Waals surface area contributed by atoms with E-state index in [9.17, 15) is 14.5 Å². The van der Waals surface area contributed by atoms with E-state index >= 15 is 0 Å². The molecule has 0 radical (unpaired) electrons. The Kier molecular flexibility index (Phi) is 3.22. The Morgan fingerprint density at radius 1 is 1.62 bits per heavy atom. The van der Waals surface area contributed by atoms with Gasteiger partial charge in [0.1, 0.15) is 10.3 Å². The molecule has 3 nitrogen and oxygen atoms in total. The van der Waals surface area contributed by atoms with Crippen LogP contribution in [-0.4, -0.2) is 4.92 Å². The summed E-state index contributed by atoms with van der Waals surface area (Å²) in [6, 6.07) is 2.51. The summed E-state index contributed by atoms with van der Waals surface area (Å²) < 4.78 is 13.0. The lowest BCUT2D eigenvalue weighted by Gasteiger charge is -2.00. The summed E-state index contributed by atoms with van der Waals surface area (Å²) in [5.74, 6) is -0.688. The van der Waals surface area contributed by atoms with Gasteiger partial charge >= 0.3 is 0 Å². The molecule has 0 bridgehead atoms. The van der Waals surface area contributed by atoms with Crippen molar-refractivity contribution in [2.24, 2.45) is 0 Å². The Balaban J connectivity index is 3.31. The van der Waals surface area contributed by atoms with Crippen molar-refractivity contribution in [2.45, 2.75) is 5.88 Å². The van der Waals surface area contributed by atoms with Crippen LogP contribution in [0.1, 0.15) is 5.56 Å². The van der Waals surface area contributed by atoms with Crippen LogP contribution in [0.25, 0.3) is 0 Å². The molecule has 1 aromatic carbocycles. The molecule has 0 unspecified atom stereocenters. The highest BCUT2D eigenvalue weighted by Crippen LogP contribution is 2.30. The van der Waals surface area contributed by atoms with Gasteiger partial charge in [-0.25, -0.2) is 4.39 Å². The van der Waals surface area contributed by atoms with Gasteiger partial charge < -0.3 is 0 Å². The largest absolute Gasteiger partial charge is 0.286 e.